The van der Waals surface area contributed by atoms with Gasteiger partial charge in [-0.1, -0.05) is 38.1 Å². The molecule has 0 bridgehead atoms. The Kier molecular flexibility index (Phi) is 4.81. The fourth-order valence-electron chi connectivity index (χ4n) is 1.97. The van der Waals surface area contributed by atoms with Gasteiger partial charge in [0.2, 0.25) is 0 Å². The van der Waals surface area contributed by atoms with E-state index >= 15 is 0 Å². The Bertz CT molecular complexity index is 501. The Morgan fingerprint density at radius 2 is 1.83 bits per heavy atom. The second-order valence-electron chi connectivity index (χ2n) is 4.93. The van der Waals surface area contributed by atoms with Gasteiger partial charge < -0.3 is 5.11 Å². The van der Waals surface area contributed by atoms with E-state index in [1.165, 1.54) is 8.45 Å². The summed E-state index contributed by atoms with van der Waals surface area (Å²) in [6.07, 6.45) is 0.588. The average molecular weight is 372 g/mol. The molecule has 0 spiro atoms. The number of halogens is 1. The first-order valence-corrected chi connectivity index (χ1v) is 8.03. The number of aliphatic hydroxyl groups is 1. The second-order valence-corrected chi connectivity index (χ2v) is 7.73. The van der Waals surface area contributed by atoms with Crippen LogP contribution in [0, 0.1) is 8.80 Å². The van der Waals surface area contributed by atoms with E-state index in [-0.39, 0.29) is 0 Å². The first kappa shape index (κ1) is 14.0. The summed E-state index contributed by atoms with van der Waals surface area (Å²) >= 11 is 3.94. The molecule has 0 fully saturated rings. The third kappa shape index (κ3) is 3.56. The molecule has 1 unspecified atom stereocenters. The van der Waals surface area contributed by atoms with Gasteiger partial charge in [-0.15, -0.1) is 11.3 Å². The first-order chi connectivity index (χ1) is 8.56. The molecule has 0 aliphatic carbocycles. The van der Waals surface area contributed by atoms with Crippen LogP contribution >= 0.6 is 33.9 Å². The summed E-state index contributed by atoms with van der Waals surface area (Å²) in [6.45, 7) is 4.44. The van der Waals surface area contributed by atoms with Crippen LogP contribution in [0.5, 0.6) is 0 Å². The SMILES string of the molecule is CC(C)Cc1ccc(C(O)c2csc(I)c2)cc1. The second kappa shape index (κ2) is 6.17. The summed E-state index contributed by atoms with van der Waals surface area (Å²) in [6, 6.07) is 10.4. The van der Waals surface area contributed by atoms with Crippen LogP contribution in [-0.4, -0.2) is 5.11 Å². The lowest BCUT2D eigenvalue weighted by atomic mass is 9.98. The molecule has 0 aliphatic rings. The molecule has 96 valence electrons. The first-order valence-electron chi connectivity index (χ1n) is 6.07. The van der Waals surface area contributed by atoms with E-state index in [2.05, 4.69) is 48.6 Å². The number of aliphatic hydroxyl groups excluding tert-OH is 1. The molecule has 1 aromatic heterocycles. The maximum absolute atomic E-state index is 10.3. The van der Waals surface area contributed by atoms with Gasteiger partial charge in [-0.05, 0) is 63.1 Å². The topological polar surface area (TPSA) is 20.2 Å². The zero-order valence-corrected chi connectivity index (χ0v) is 13.5. The van der Waals surface area contributed by atoms with Crippen LogP contribution in [0.1, 0.15) is 36.6 Å². The molecule has 1 nitrogen and oxygen atoms in total. The van der Waals surface area contributed by atoms with Crippen molar-refractivity contribution in [2.45, 2.75) is 26.4 Å². The molecule has 0 saturated heterocycles. The van der Waals surface area contributed by atoms with Gasteiger partial charge >= 0.3 is 0 Å². The van der Waals surface area contributed by atoms with Crippen molar-refractivity contribution in [3.63, 3.8) is 0 Å². The Labute approximate surface area is 126 Å². The van der Waals surface area contributed by atoms with E-state index in [1.807, 2.05) is 23.6 Å². The quantitative estimate of drug-likeness (QED) is 0.776. The average Bonchev–Trinajstić information content (AvgIpc) is 2.75. The third-order valence-electron chi connectivity index (χ3n) is 2.84. The van der Waals surface area contributed by atoms with Crippen molar-refractivity contribution in [1.82, 2.24) is 0 Å². The largest absolute Gasteiger partial charge is 0.384 e. The maximum atomic E-state index is 10.3. The van der Waals surface area contributed by atoms with Gasteiger partial charge in [-0.25, -0.2) is 0 Å². The predicted molar refractivity (Wildman–Crippen MR) is 86.1 cm³/mol. The van der Waals surface area contributed by atoms with Gasteiger partial charge in [-0.2, -0.15) is 0 Å². The van der Waals surface area contributed by atoms with Crippen molar-refractivity contribution in [3.05, 3.63) is 55.3 Å². The zero-order chi connectivity index (χ0) is 13.1. The Morgan fingerprint density at radius 3 is 2.33 bits per heavy atom. The fourth-order valence-corrected chi connectivity index (χ4v) is 3.36. The highest BCUT2D eigenvalue weighted by molar-refractivity contribution is 14.1. The summed E-state index contributed by atoms with van der Waals surface area (Å²) in [5.41, 5.74) is 3.29. The van der Waals surface area contributed by atoms with E-state index in [4.69, 9.17) is 0 Å². The van der Waals surface area contributed by atoms with Crippen molar-refractivity contribution in [2.75, 3.05) is 0 Å². The van der Waals surface area contributed by atoms with E-state index < -0.39 is 6.10 Å². The highest BCUT2D eigenvalue weighted by Crippen LogP contribution is 2.27. The minimum Gasteiger partial charge on any atom is -0.384 e. The van der Waals surface area contributed by atoms with Gasteiger partial charge in [0.05, 0.1) is 2.88 Å². The van der Waals surface area contributed by atoms with Gasteiger partial charge in [0.25, 0.3) is 0 Å². The van der Waals surface area contributed by atoms with Crippen LogP contribution in [0.2, 0.25) is 0 Å². The molecule has 0 aliphatic heterocycles. The van der Waals surface area contributed by atoms with E-state index in [9.17, 15) is 5.11 Å². The number of thiophene rings is 1. The van der Waals surface area contributed by atoms with Crippen molar-refractivity contribution >= 4 is 33.9 Å². The summed E-state index contributed by atoms with van der Waals surface area (Å²) in [7, 11) is 0. The smallest absolute Gasteiger partial charge is 0.105 e. The lowest BCUT2D eigenvalue weighted by Gasteiger charge is -2.11. The molecule has 18 heavy (non-hydrogen) atoms. The predicted octanol–water partition coefficient (Wildman–Crippen LogP) is 4.63. The molecule has 2 aromatic rings. The Morgan fingerprint density at radius 1 is 1.17 bits per heavy atom. The van der Waals surface area contributed by atoms with Gasteiger partial charge in [0, 0.05) is 0 Å². The fraction of sp³-hybridized carbons (Fsp3) is 0.333. The van der Waals surface area contributed by atoms with Crippen LogP contribution < -0.4 is 0 Å². The molecule has 1 heterocycles. The van der Waals surface area contributed by atoms with Crippen molar-refractivity contribution in [2.24, 2.45) is 5.92 Å². The number of hydrogen-bond acceptors (Lipinski definition) is 2. The summed E-state index contributed by atoms with van der Waals surface area (Å²) in [5.74, 6) is 0.666. The molecule has 0 amide bonds. The van der Waals surface area contributed by atoms with Crippen molar-refractivity contribution in [3.8, 4) is 0 Å². The normalized spacial score (nSPS) is 12.9. The lowest BCUT2D eigenvalue weighted by molar-refractivity contribution is 0.221. The minimum absolute atomic E-state index is 0.502. The molecule has 3 heteroatoms. The molecular formula is C15H17IOS. The third-order valence-corrected chi connectivity index (χ3v) is 4.65. The van der Waals surface area contributed by atoms with E-state index in [0.717, 1.165) is 17.5 Å². The molecule has 0 radical (unpaired) electrons. The number of hydrogen-bond donors (Lipinski definition) is 1. The van der Waals surface area contributed by atoms with Crippen LogP contribution in [0.4, 0.5) is 0 Å². The Balaban J connectivity index is 2.14. The highest BCUT2D eigenvalue weighted by atomic mass is 127. The van der Waals surface area contributed by atoms with Gasteiger partial charge in [0.15, 0.2) is 0 Å². The molecule has 1 aromatic carbocycles. The van der Waals surface area contributed by atoms with Crippen LogP contribution in [0.3, 0.4) is 0 Å². The van der Waals surface area contributed by atoms with E-state index in [1.54, 1.807) is 11.3 Å². The summed E-state index contributed by atoms with van der Waals surface area (Å²) in [5, 5.41) is 12.3. The summed E-state index contributed by atoms with van der Waals surface area (Å²) in [4.78, 5) is 0. The molecule has 1 atom stereocenters. The zero-order valence-electron chi connectivity index (χ0n) is 10.6. The summed E-state index contributed by atoms with van der Waals surface area (Å²) < 4.78 is 1.21. The Hall–Kier alpha value is -0.390. The minimum atomic E-state index is -0.502. The van der Waals surface area contributed by atoms with E-state index in [0.29, 0.717) is 5.92 Å². The van der Waals surface area contributed by atoms with Gasteiger partial charge in [-0.3, -0.25) is 0 Å². The van der Waals surface area contributed by atoms with Crippen molar-refractivity contribution in [1.29, 1.82) is 0 Å². The van der Waals surface area contributed by atoms with Crippen molar-refractivity contribution < 1.29 is 5.11 Å². The van der Waals surface area contributed by atoms with Gasteiger partial charge in [0.1, 0.15) is 6.10 Å². The highest BCUT2D eigenvalue weighted by Gasteiger charge is 2.12. The monoisotopic (exact) mass is 372 g/mol. The van der Waals surface area contributed by atoms with Crippen LogP contribution in [-0.2, 0) is 6.42 Å². The lowest BCUT2D eigenvalue weighted by Crippen LogP contribution is -1.99. The molecule has 1 N–H and O–H groups in total. The molecular weight excluding hydrogens is 355 g/mol. The number of rotatable bonds is 4. The number of benzene rings is 1. The molecule has 0 saturated carbocycles. The van der Waals surface area contributed by atoms with Crippen LogP contribution in [0.25, 0.3) is 0 Å². The standard InChI is InChI=1S/C15H17IOS/c1-10(2)7-11-3-5-12(6-4-11)15(17)13-8-14(16)18-9-13/h3-6,8-10,15,17H,7H2,1-2H3. The molecule has 2 rings (SSSR count). The maximum Gasteiger partial charge on any atom is 0.105 e. The van der Waals surface area contributed by atoms with Crippen LogP contribution in [0.15, 0.2) is 35.7 Å².